The van der Waals surface area contributed by atoms with Gasteiger partial charge >= 0.3 is 0 Å². The van der Waals surface area contributed by atoms with Crippen LogP contribution in [0.2, 0.25) is 0 Å². The normalized spacial score (nSPS) is 21.7. The molecular formula is C14H25N3S. The highest BCUT2D eigenvalue weighted by Gasteiger charge is 2.23. The Bertz CT molecular complexity index is 381. The first-order valence-electron chi connectivity index (χ1n) is 6.86. The monoisotopic (exact) mass is 267 g/mol. The van der Waals surface area contributed by atoms with Crippen LogP contribution in [-0.2, 0) is 6.42 Å². The molecule has 1 aromatic heterocycles. The van der Waals surface area contributed by atoms with Crippen LogP contribution < -0.4 is 5.73 Å². The fourth-order valence-electron chi connectivity index (χ4n) is 2.50. The van der Waals surface area contributed by atoms with Crippen molar-refractivity contribution < 1.29 is 0 Å². The van der Waals surface area contributed by atoms with E-state index in [4.69, 9.17) is 10.7 Å². The number of likely N-dealkylation sites (tertiary alicyclic amines) is 1. The first-order chi connectivity index (χ1) is 8.44. The minimum Gasteiger partial charge on any atom is -0.326 e. The van der Waals surface area contributed by atoms with E-state index in [0.717, 1.165) is 19.3 Å². The number of aromatic nitrogens is 1. The SMILES string of the molecule is CN1CCC(c2csc(CCCC(C)(C)N)n2)C1. The number of nitrogens with zero attached hydrogens (tertiary/aromatic N) is 2. The number of hydrogen-bond acceptors (Lipinski definition) is 4. The second-order valence-electron chi connectivity index (χ2n) is 6.26. The fourth-order valence-corrected chi connectivity index (χ4v) is 3.42. The lowest BCUT2D eigenvalue weighted by Gasteiger charge is -2.17. The Balaban J connectivity index is 1.83. The third kappa shape index (κ3) is 4.04. The van der Waals surface area contributed by atoms with Crippen molar-refractivity contribution in [3.05, 3.63) is 16.1 Å². The zero-order chi connectivity index (χ0) is 13.2. The van der Waals surface area contributed by atoms with E-state index in [0.29, 0.717) is 5.92 Å². The summed E-state index contributed by atoms with van der Waals surface area (Å²) in [7, 11) is 2.19. The first kappa shape index (κ1) is 14.0. The Hall–Kier alpha value is -0.450. The molecule has 2 heterocycles. The van der Waals surface area contributed by atoms with Gasteiger partial charge < -0.3 is 10.6 Å². The van der Waals surface area contributed by atoms with Crippen molar-refractivity contribution in [1.82, 2.24) is 9.88 Å². The first-order valence-corrected chi connectivity index (χ1v) is 7.74. The number of aryl methyl sites for hydroxylation is 1. The van der Waals surface area contributed by atoms with Crippen LogP contribution in [-0.4, -0.2) is 35.6 Å². The summed E-state index contributed by atoms with van der Waals surface area (Å²) in [6.07, 6.45) is 4.54. The molecule has 4 heteroatoms. The predicted octanol–water partition coefficient (Wildman–Crippen LogP) is 2.62. The number of hydrogen-bond donors (Lipinski definition) is 1. The molecule has 0 aliphatic carbocycles. The van der Waals surface area contributed by atoms with Crippen molar-refractivity contribution in [2.24, 2.45) is 5.73 Å². The lowest BCUT2D eigenvalue weighted by atomic mass is 9.99. The van der Waals surface area contributed by atoms with Crippen LogP contribution in [0.15, 0.2) is 5.38 Å². The van der Waals surface area contributed by atoms with Gasteiger partial charge in [0.25, 0.3) is 0 Å². The summed E-state index contributed by atoms with van der Waals surface area (Å²) in [5.74, 6) is 0.658. The van der Waals surface area contributed by atoms with Crippen molar-refractivity contribution in [2.45, 2.75) is 51.0 Å². The maximum Gasteiger partial charge on any atom is 0.0928 e. The molecule has 1 saturated heterocycles. The highest BCUT2D eigenvalue weighted by Crippen LogP contribution is 2.27. The largest absolute Gasteiger partial charge is 0.326 e. The number of likely N-dealkylation sites (N-methyl/N-ethyl adjacent to an activating group) is 1. The van der Waals surface area contributed by atoms with Crippen LogP contribution in [0, 0.1) is 0 Å². The summed E-state index contributed by atoms with van der Waals surface area (Å²) in [4.78, 5) is 7.19. The summed E-state index contributed by atoms with van der Waals surface area (Å²) >= 11 is 1.82. The molecule has 0 saturated carbocycles. The second-order valence-corrected chi connectivity index (χ2v) is 7.20. The van der Waals surface area contributed by atoms with Gasteiger partial charge in [-0.3, -0.25) is 0 Å². The van der Waals surface area contributed by atoms with Gasteiger partial charge in [0.1, 0.15) is 0 Å². The molecule has 102 valence electrons. The highest BCUT2D eigenvalue weighted by atomic mass is 32.1. The van der Waals surface area contributed by atoms with Gasteiger partial charge in [0.15, 0.2) is 0 Å². The van der Waals surface area contributed by atoms with Crippen molar-refractivity contribution in [1.29, 1.82) is 0 Å². The Morgan fingerprint density at radius 3 is 2.94 bits per heavy atom. The van der Waals surface area contributed by atoms with E-state index in [1.807, 2.05) is 11.3 Å². The molecule has 2 rings (SSSR count). The smallest absolute Gasteiger partial charge is 0.0928 e. The van der Waals surface area contributed by atoms with Crippen LogP contribution in [0.5, 0.6) is 0 Å². The average Bonchev–Trinajstić information content (AvgIpc) is 2.85. The van der Waals surface area contributed by atoms with Crippen LogP contribution in [0.3, 0.4) is 0 Å². The third-order valence-corrected chi connectivity index (χ3v) is 4.52. The molecule has 1 fully saturated rings. The lowest BCUT2D eigenvalue weighted by Crippen LogP contribution is -2.31. The molecule has 18 heavy (non-hydrogen) atoms. The maximum absolute atomic E-state index is 6.00. The van der Waals surface area contributed by atoms with Crippen LogP contribution in [0.25, 0.3) is 0 Å². The van der Waals surface area contributed by atoms with E-state index >= 15 is 0 Å². The molecule has 1 atom stereocenters. The Morgan fingerprint density at radius 2 is 2.33 bits per heavy atom. The molecular weight excluding hydrogens is 242 g/mol. The van der Waals surface area contributed by atoms with E-state index in [-0.39, 0.29) is 5.54 Å². The van der Waals surface area contributed by atoms with Crippen molar-refractivity contribution in [2.75, 3.05) is 20.1 Å². The van der Waals surface area contributed by atoms with Gasteiger partial charge in [0, 0.05) is 23.4 Å². The lowest BCUT2D eigenvalue weighted by molar-refractivity contribution is 0.411. The molecule has 0 aromatic carbocycles. The summed E-state index contributed by atoms with van der Waals surface area (Å²) in [5.41, 5.74) is 7.26. The van der Waals surface area contributed by atoms with Crippen molar-refractivity contribution in [3.8, 4) is 0 Å². The molecule has 1 aliphatic heterocycles. The summed E-state index contributed by atoms with van der Waals surface area (Å²) in [6.45, 7) is 6.56. The van der Waals surface area contributed by atoms with Crippen molar-refractivity contribution in [3.63, 3.8) is 0 Å². The average molecular weight is 267 g/mol. The van der Waals surface area contributed by atoms with Gasteiger partial charge in [-0.2, -0.15) is 0 Å². The molecule has 0 bridgehead atoms. The third-order valence-electron chi connectivity index (χ3n) is 3.59. The van der Waals surface area contributed by atoms with Crippen LogP contribution in [0.4, 0.5) is 0 Å². The van der Waals surface area contributed by atoms with E-state index in [9.17, 15) is 0 Å². The van der Waals surface area contributed by atoms with Crippen LogP contribution in [0.1, 0.15) is 49.7 Å². The molecule has 2 N–H and O–H groups in total. The van der Waals surface area contributed by atoms with E-state index in [1.54, 1.807) is 0 Å². The zero-order valence-electron chi connectivity index (χ0n) is 11.8. The van der Waals surface area contributed by atoms with Gasteiger partial charge in [-0.15, -0.1) is 11.3 Å². The molecule has 0 spiro atoms. The zero-order valence-corrected chi connectivity index (χ0v) is 12.6. The van der Waals surface area contributed by atoms with Crippen molar-refractivity contribution >= 4 is 11.3 Å². The molecule has 0 amide bonds. The summed E-state index contributed by atoms with van der Waals surface area (Å²) < 4.78 is 0. The predicted molar refractivity (Wildman–Crippen MR) is 78.2 cm³/mol. The minimum atomic E-state index is -0.0474. The van der Waals surface area contributed by atoms with Gasteiger partial charge in [0.2, 0.25) is 0 Å². The van der Waals surface area contributed by atoms with E-state index in [2.05, 4.69) is 31.2 Å². The molecule has 0 radical (unpaired) electrons. The standard InChI is InChI=1S/C14H25N3S/c1-14(2,15)7-4-5-13-16-12(10-18-13)11-6-8-17(3)9-11/h10-11H,4-9,15H2,1-3H3. The Labute approximate surface area is 114 Å². The van der Waals surface area contributed by atoms with E-state index < -0.39 is 0 Å². The summed E-state index contributed by atoms with van der Waals surface area (Å²) in [5, 5.41) is 3.54. The molecule has 1 aliphatic rings. The Kier molecular flexibility index (Phi) is 4.41. The van der Waals surface area contributed by atoms with Gasteiger partial charge in [-0.05, 0) is 53.1 Å². The Morgan fingerprint density at radius 1 is 1.56 bits per heavy atom. The molecule has 3 nitrogen and oxygen atoms in total. The van der Waals surface area contributed by atoms with Gasteiger partial charge in [0.05, 0.1) is 10.7 Å². The minimum absolute atomic E-state index is 0.0474. The van der Waals surface area contributed by atoms with E-state index in [1.165, 1.54) is 30.2 Å². The molecule has 1 aromatic rings. The fraction of sp³-hybridized carbons (Fsp3) is 0.786. The van der Waals surface area contributed by atoms with Crippen LogP contribution >= 0.6 is 11.3 Å². The van der Waals surface area contributed by atoms with Gasteiger partial charge in [-0.1, -0.05) is 0 Å². The maximum atomic E-state index is 6.00. The number of rotatable bonds is 5. The topological polar surface area (TPSA) is 42.1 Å². The number of thiazole rings is 1. The highest BCUT2D eigenvalue weighted by molar-refractivity contribution is 7.09. The quantitative estimate of drug-likeness (QED) is 0.891. The number of nitrogens with two attached hydrogens (primary N) is 1. The molecule has 1 unspecified atom stereocenters. The van der Waals surface area contributed by atoms with Gasteiger partial charge in [-0.25, -0.2) is 4.98 Å². The summed E-state index contributed by atoms with van der Waals surface area (Å²) in [6, 6.07) is 0. The second kappa shape index (κ2) is 5.68.